The molecule has 0 radical (unpaired) electrons. The van der Waals surface area contributed by atoms with E-state index in [0.29, 0.717) is 12.3 Å². The van der Waals surface area contributed by atoms with E-state index in [4.69, 9.17) is 9.15 Å². The summed E-state index contributed by atoms with van der Waals surface area (Å²) in [6, 6.07) is 91.2. The first kappa shape index (κ1) is 73.6. The van der Waals surface area contributed by atoms with Gasteiger partial charge in [0.15, 0.2) is 29.4 Å². The number of Topliss-reactive ketones (excluding diaryl/α,β-unsaturated/α-hetero) is 1. The minimum Gasteiger partial charge on any atom is -0.443 e. The predicted octanol–water partition coefficient (Wildman–Crippen LogP) is 21.3. The second-order valence-electron chi connectivity index (χ2n) is 23.8. The minimum atomic E-state index is -0.0249. The van der Waals surface area contributed by atoms with Gasteiger partial charge in [0.05, 0.1) is 46.1 Å². The molecule has 107 heavy (non-hydrogen) atoms. The topological polar surface area (TPSA) is 251 Å². The second-order valence-corrected chi connectivity index (χ2v) is 23.8. The lowest BCUT2D eigenvalue weighted by Crippen LogP contribution is -2.03. The Balaban J connectivity index is 0.000000117. The first-order valence-corrected chi connectivity index (χ1v) is 34.1. The maximum absolute atomic E-state index is 11.2. The fourth-order valence-electron chi connectivity index (χ4n) is 11.2. The number of aliphatic imine (C=N–C) groups is 1. The summed E-state index contributed by atoms with van der Waals surface area (Å²) in [6.45, 7) is 11.4. The van der Waals surface area contributed by atoms with E-state index in [0.717, 1.165) is 102 Å². The molecule has 530 valence electrons. The Morgan fingerprint density at radius 3 is 1.45 bits per heavy atom. The van der Waals surface area contributed by atoms with Gasteiger partial charge in [0.25, 0.3) is 5.56 Å². The van der Waals surface area contributed by atoms with Crippen molar-refractivity contribution in [3.63, 3.8) is 0 Å². The van der Waals surface area contributed by atoms with E-state index >= 15 is 0 Å². The number of H-pyrrole nitrogens is 6. The largest absolute Gasteiger partial charge is 0.443 e. The molecule has 10 aromatic carbocycles. The van der Waals surface area contributed by atoms with E-state index in [9.17, 15) is 9.59 Å². The number of rotatable bonds is 0. The number of fused-ring (bicyclic) bond motifs is 11. The number of nitrogens with one attached hydrogen (secondary N) is 9. The number of ketones is 1. The van der Waals surface area contributed by atoms with Gasteiger partial charge in [-0.2, -0.15) is 0 Å². The van der Waals surface area contributed by atoms with E-state index in [1.54, 1.807) is 31.3 Å². The number of anilines is 3. The van der Waals surface area contributed by atoms with E-state index in [1.807, 2.05) is 225 Å². The summed E-state index contributed by atoms with van der Waals surface area (Å²) in [5.74, 6) is 1.62. The molecule has 0 fully saturated rings. The molecule has 0 amide bonds. The number of para-hydroxylation sites is 13. The SMILES string of the molecule is C.C=C1Cc2ccccc2N1.C=C1Cc2ccccc2N1.C=C1Nc2ccccc2O1.O=C1CC=Nc2ccccc21.O=c1[nH]ccc2ccccc12.c1ccc2[nH]ccc2c1.c1ccc2[nH]ccc2c1.c1ccc2[nH]cnc2c1.c1ccc2[nH]cnc2c1.c1ccc2ocnc2c1.c1cnc2[nH]ccc2c1. The van der Waals surface area contributed by atoms with Crippen LogP contribution in [0.25, 0.3) is 76.8 Å². The van der Waals surface area contributed by atoms with Gasteiger partial charge in [0, 0.05) is 107 Å². The van der Waals surface area contributed by atoms with Crippen molar-refractivity contribution in [3.8, 4) is 5.75 Å². The molecule has 22 rings (SSSR count). The number of carbonyl (C=O) groups excluding carboxylic acids is 1. The fraction of sp³-hybridized carbons (Fsp3) is 0.0449. The molecular weight excluding hydrogens is 1330 g/mol. The third kappa shape index (κ3) is 21.0. The van der Waals surface area contributed by atoms with Crippen LogP contribution in [0.15, 0.2) is 380 Å². The van der Waals surface area contributed by atoms with Crippen molar-refractivity contribution >= 4 is 112 Å². The number of benzene rings is 10. The molecule has 0 spiro atoms. The summed E-state index contributed by atoms with van der Waals surface area (Å²) in [5.41, 5.74) is 19.2. The molecule has 8 aromatic heterocycles. The molecule has 12 heterocycles. The molecule has 18 aromatic rings. The van der Waals surface area contributed by atoms with Crippen LogP contribution in [0.3, 0.4) is 0 Å². The summed E-state index contributed by atoms with van der Waals surface area (Å²) in [4.78, 5) is 60.5. The Hall–Kier alpha value is -14.7. The summed E-state index contributed by atoms with van der Waals surface area (Å²) in [7, 11) is 0. The van der Waals surface area contributed by atoms with Gasteiger partial charge in [0.1, 0.15) is 11.2 Å². The van der Waals surface area contributed by atoms with Gasteiger partial charge in [-0.05, 0) is 161 Å². The van der Waals surface area contributed by atoms with Crippen LogP contribution < -0.4 is 26.2 Å². The van der Waals surface area contributed by atoms with Gasteiger partial charge in [-0.3, -0.25) is 14.6 Å². The standard InChI is InChI=1S/2C9H7NO.2C9H9N.C8H7NO.2C8H7N.3C7H6N2.C7H5NO.CH4/c11-9-5-6-10-8-4-2-1-3-7(8)9;11-9-8-4-2-1-3-7(8)5-6-10-9;2*1-7-6-8-4-2-3-5-9(8)10-7;1-6-9-7-4-2-3-5-8(7)10-6;2*1-2-4-8-7(3-1)5-6-9-8;1-2-6-3-5-9-7(6)8-4-1;3*1-2-4-7-6(3-1)8-5-9-7;/h1-4,6H,5H2;1-6H,(H,10,11);2*2-5,10H,1,6H2;2-5,9H,1H2;2*1-6,9H;3*1-5H,(H,8,9);1-5H;1H4. The number of allylic oxidation sites excluding steroid dienone is 2. The van der Waals surface area contributed by atoms with Crippen molar-refractivity contribution in [2.75, 3.05) is 16.0 Å². The van der Waals surface area contributed by atoms with Crippen molar-refractivity contribution in [1.82, 2.24) is 49.8 Å². The first-order chi connectivity index (χ1) is 52.1. The number of aromatic nitrogens is 10. The quantitative estimate of drug-likeness (QED) is 0.0690. The Morgan fingerprint density at radius 2 is 0.869 bits per heavy atom. The molecule has 0 aliphatic carbocycles. The lowest BCUT2D eigenvalue weighted by atomic mass is 10.0. The molecule has 0 saturated carbocycles. The van der Waals surface area contributed by atoms with Crippen LogP contribution in [-0.2, 0) is 12.8 Å². The zero-order valence-corrected chi connectivity index (χ0v) is 57.9. The summed E-state index contributed by atoms with van der Waals surface area (Å²) in [6.07, 6.45) is 18.1. The zero-order valence-electron chi connectivity index (χ0n) is 57.9. The van der Waals surface area contributed by atoms with E-state index in [-0.39, 0.29) is 18.8 Å². The highest BCUT2D eigenvalue weighted by Gasteiger charge is 2.14. The Labute approximate surface area is 618 Å². The maximum Gasteiger partial charge on any atom is 0.255 e. The van der Waals surface area contributed by atoms with Gasteiger partial charge in [0.2, 0.25) is 0 Å². The van der Waals surface area contributed by atoms with E-state index < -0.39 is 0 Å². The number of imidazole rings is 2. The molecule has 9 N–H and O–H groups in total. The molecular formula is C89H80N14O4. The Kier molecular flexibility index (Phi) is 26.0. The molecule has 18 heteroatoms. The Bertz CT molecular complexity index is 5050. The first-order valence-electron chi connectivity index (χ1n) is 34.1. The van der Waals surface area contributed by atoms with Gasteiger partial charge in [-0.15, -0.1) is 0 Å². The van der Waals surface area contributed by atoms with Gasteiger partial charge in [-0.1, -0.05) is 172 Å². The fourth-order valence-corrected chi connectivity index (χ4v) is 11.2. The van der Waals surface area contributed by atoms with Crippen LogP contribution in [-0.4, -0.2) is 61.8 Å². The monoisotopic (exact) mass is 1410 g/mol. The summed E-state index contributed by atoms with van der Waals surface area (Å²) < 4.78 is 10.2. The molecule has 4 aliphatic rings. The molecule has 18 nitrogen and oxygen atoms in total. The Morgan fingerprint density at radius 1 is 0.383 bits per heavy atom. The van der Waals surface area contributed by atoms with Crippen molar-refractivity contribution < 1.29 is 13.9 Å². The van der Waals surface area contributed by atoms with Crippen LogP contribution >= 0.6 is 0 Å². The third-order valence-corrected chi connectivity index (χ3v) is 16.4. The second kappa shape index (κ2) is 37.9. The van der Waals surface area contributed by atoms with Crippen molar-refractivity contribution in [1.29, 1.82) is 0 Å². The van der Waals surface area contributed by atoms with Crippen LogP contribution in [0.1, 0.15) is 35.3 Å². The van der Waals surface area contributed by atoms with Crippen LogP contribution in [0.2, 0.25) is 0 Å². The minimum absolute atomic E-state index is 0. The number of carbonyl (C=O) groups is 1. The number of oxazole rings is 1. The smallest absolute Gasteiger partial charge is 0.255 e. The number of hydrogen-bond donors (Lipinski definition) is 9. The van der Waals surface area contributed by atoms with Gasteiger partial charge in [-0.25, -0.2) is 19.9 Å². The van der Waals surface area contributed by atoms with Gasteiger partial charge < -0.3 is 55.0 Å². The molecule has 0 unspecified atom stereocenters. The van der Waals surface area contributed by atoms with Crippen LogP contribution in [0.5, 0.6) is 5.75 Å². The summed E-state index contributed by atoms with van der Waals surface area (Å²) >= 11 is 0. The lowest BCUT2D eigenvalue weighted by molar-refractivity contribution is 0.100. The van der Waals surface area contributed by atoms with Crippen molar-refractivity contribution in [3.05, 3.63) is 393 Å². The molecule has 0 bridgehead atoms. The van der Waals surface area contributed by atoms with Crippen LogP contribution in [0, 0.1) is 0 Å². The highest BCUT2D eigenvalue weighted by Crippen LogP contribution is 2.32. The molecule has 0 atom stereocenters. The third-order valence-electron chi connectivity index (χ3n) is 16.4. The zero-order chi connectivity index (χ0) is 72.9. The molecule has 0 saturated heterocycles. The maximum atomic E-state index is 11.2. The van der Waals surface area contributed by atoms with E-state index in [2.05, 4.69) is 163 Å². The van der Waals surface area contributed by atoms with Crippen molar-refractivity contribution in [2.24, 2.45) is 4.99 Å². The number of ether oxygens (including phenoxy) is 1. The lowest BCUT2D eigenvalue weighted by Gasteiger charge is -2.06. The van der Waals surface area contributed by atoms with E-state index in [1.165, 1.54) is 50.7 Å². The highest BCUT2D eigenvalue weighted by molar-refractivity contribution is 6.10. The predicted molar refractivity (Wildman–Crippen MR) is 439 cm³/mol. The van der Waals surface area contributed by atoms with Gasteiger partial charge >= 0.3 is 0 Å². The average molecular weight is 1410 g/mol. The normalized spacial score (nSPS) is 11.7. The summed E-state index contributed by atoms with van der Waals surface area (Å²) in [5, 5.41) is 14.8. The van der Waals surface area contributed by atoms with Crippen LogP contribution in [0.4, 0.5) is 22.7 Å². The molecule has 4 aliphatic heterocycles. The average Bonchev–Trinajstić information content (AvgIpc) is 1.01. The number of hydrogen-bond acceptors (Lipinski definition) is 12. The number of pyridine rings is 2. The highest BCUT2D eigenvalue weighted by atomic mass is 16.5. The number of nitrogens with zero attached hydrogens (tertiary/aromatic N) is 5. The van der Waals surface area contributed by atoms with Crippen molar-refractivity contribution in [2.45, 2.75) is 26.7 Å². The number of aromatic amines is 6.